The summed E-state index contributed by atoms with van der Waals surface area (Å²) in [5.74, 6) is -0.446. The van der Waals surface area contributed by atoms with Gasteiger partial charge in [-0.25, -0.2) is 17.9 Å². The molecule has 9 heteroatoms. The number of esters is 1. The number of aromatic amines is 1. The fraction of sp³-hybridized carbons (Fsp3) is 0.389. The van der Waals surface area contributed by atoms with Crippen LogP contribution in [-0.4, -0.2) is 48.5 Å². The van der Waals surface area contributed by atoms with Crippen molar-refractivity contribution < 1.29 is 17.9 Å². The summed E-state index contributed by atoms with van der Waals surface area (Å²) in [5.41, 5.74) is 1.29. The molecule has 2 aromatic rings. The van der Waals surface area contributed by atoms with E-state index in [-0.39, 0.29) is 23.7 Å². The maximum atomic E-state index is 12.7. The summed E-state index contributed by atoms with van der Waals surface area (Å²) in [7, 11) is -3.10. The highest BCUT2D eigenvalue weighted by Gasteiger charge is 2.31. The van der Waals surface area contributed by atoms with E-state index in [1.165, 1.54) is 10.9 Å². The van der Waals surface area contributed by atoms with Crippen LogP contribution in [0, 0.1) is 6.92 Å². The second-order valence-electron chi connectivity index (χ2n) is 6.38. The van der Waals surface area contributed by atoms with Crippen molar-refractivity contribution >= 4 is 27.7 Å². The average molecular weight is 391 g/mol. The Hall–Kier alpha value is -2.68. The third kappa shape index (κ3) is 4.02. The summed E-state index contributed by atoms with van der Waals surface area (Å²) in [4.78, 5) is 29.0. The zero-order valence-corrected chi connectivity index (χ0v) is 16.0. The van der Waals surface area contributed by atoms with Gasteiger partial charge < -0.3 is 4.74 Å². The van der Waals surface area contributed by atoms with E-state index in [0.717, 1.165) is 0 Å². The molecule has 2 heterocycles. The van der Waals surface area contributed by atoms with Crippen LogP contribution in [0.4, 0.5) is 5.69 Å². The van der Waals surface area contributed by atoms with Gasteiger partial charge in [-0.05, 0) is 32.4 Å². The quantitative estimate of drug-likeness (QED) is 0.617. The third-order valence-electron chi connectivity index (χ3n) is 4.45. The van der Waals surface area contributed by atoms with Gasteiger partial charge in [0.25, 0.3) is 5.56 Å². The molecule has 1 aromatic heterocycles. The van der Waals surface area contributed by atoms with Crippen molar-refractivity contribution in [2.45, 2.75) is 26.3 Å². The van der Waals surface area contributed by atoms with Crippen LogP contribution < -0.4 is 5.56 Å². The lowest BCUT2D eigenvalue weighted by atomic mass is 10.2. The van der Waals surface area contributed by atoms with E-state index in [1.54, 1.807) is 38.1 Å². The second kappa shape index (κ2) is 7.51. The molecular weight excluding hydrogens is 370 g/mol. The number of carbonyl (C=O) groups excluding carboxylic acids is 1. The van der Waals surface area contributed by atoms with Crippen molar-refractivity contribution in [1.29, 1.82) is 0 Å². The standard InChI is InChI=1S/C18H21N3O5S/c1-3-26-18(23)14-6-4-5-7-16(14)19-10-15-12(2)20-21(17(15)22)13-8-9-27(24,25)11-13/h4-7,10,13,20H,3,8-9,11H2,1-2H3/t13-/m1/s1. The number of benzene rings is 1. The minimum absolute atomic E-state index is 0.0465. The molecular formula is C18H21N3O5S. The van der Waals surface area contributed by atoms with Crippen LogP contribution in [0.5, 0.6) is 0 Å². The number of aromatic nitrogens is 2. The number of para-hydroxylation sites is 1. The molecule has 0 aliphatic carbocycles. The SMILES string of the molecule is CCOC(=O)c1ccccc1N=Cc1c(C)[nH]n([C@@H]2CCS(=O)(=O)C2)c1=O. The van der Waals surface area contributed by atoms with Crippen LogP contribution in [0.2, 0.25) is 0 Å². The molecule has 0 spiro atoms. The number of ether oxygens (including phenoxy) is 1. The number of carbonyl (C=O) groups is 1. The number of sulfone groups is 1. The molecule has 0 unspecified atom stereocenters. The molecule has 27 heavy (non-hydrogen) atoms. The first-order valence-corrected chi connectivity index (χ1v) is 10.5. The van der Waals surface area contributed by atoms with Crippen LogP contribution in [-0.2, 0) is 14.6 Å². The molecule has 1 aliphatic heterocycles. The topological polar surface area (TPSA) is 111 Å². The molecule has 0 bridgehead atoms. The lowest BCUT2D eigenvalue weighted by Gasteiger charge is -2.07. The predicted molar refractivity (Wildman–Crippen MR) is 102 cm³/mol. The number of nitrogens with zero attached hydrogens (tertiary/aromatic N) is 2. The molecule has 3 rings (SSSR count). The molecule has 144 valence electrons. The summed E-state index contributed by atoms with van der Waals surface area (Å²) in [5, 5.41) is 2.94. The fourth-order valence-corrected chi connectivity index (χ4v) is 4.77. The van der Waals surface area contributed by atoms with Gasteiger partial charge in [0, 0.05) is 11.9 Å². The predicted octanol–water partition coefficient (Wildman–Crippen LogP) is 1.77. The first-order valence-electron chi connectivity index (χ1n) is 8.64. The summed E-state index contributed by atoms with van der Waals surface area (Å²) in [6.45, 7) is 3.70. The summed E-state index contributed by atoms with van der Waals surface area (Å²) in [6.07, 6.45) is 1.80. The van der Waals surface area contributed by atoms with E-state index in [4.69, 9.17) is 4.74 Å². The molecule has 0 amide bonds. The van der Waals surface area contributed by atoms with E-state index in [9.17, 15) is 18.0 Å². The number of aryl methyl sites for hydroxylation is 1. The van der Waals surface area contributed by atoms with E-state index in [0.29, 0.717) is 28.9 Å². The Morgan fingerprint density at radius 2 is 2.15 bits per heavy atom. The van der Waals surface area contributed by atoms with Gasteiger partial charge in [0.2, 0.25) is 0 Å². The van der Waals surface area contributed by atoms with Crippen LogP contribution in [0.1, 0.15) is 41.0 Å². The average Bonchev–Trinajstić information content (AvgIpc) is 3.12. The maximum absolute atomic E-state index is 12.7. The Morgan fingerprint density at radius 1 is 1.41 bits per heavy atom. The van der Waals surface area contributed by atoms with Gasteiger partial charge in [-0.15, -0.1) is 0 Å². The van der Waals surface area contributed by atoms with Crippen LogP contribution in [0.25, 0.3) is 0 Å². The number of hydrogen-bond donors (Lipinski definition) is 1. The van der Waals surface area contributed by atoms with E-state index in [2.05, 4.69) is 10.1 Å². The third-order valence-corrected chi connectivity index (χ3v) is 6.20. The minimum Gasteiger partial charge on any atom is -0.462 e. The Balaban J connectivity index is 1.92. The smallest absolute Gasteiger partial charge is 0.340 e. The number of rotatable bonds is 5. The van der Waals surface area contributed by atoms with E-state index in [1.807, 2.05) is 0 Å². The molecule has 8 nitrogen and oxygen atoms in total. The lowest BCUT2D eigenvalue weighted by Crippen LogP contribution is -2.25. The minimum atomic E-state index is -3.10. The fourth-order valence-electron chi connectivity index (χ4n) is 3.07. The van der Waals surface area contributed by atoms with Crippen molar-refractivity contribution in [2.24, 2.45) is 4.99 Å². The summed E-state index contributed by atoms with van der Waals surface area (Å²) >= 11 is 0. The van der Waals surface area contributed by atoms with Crippen LogP contribution >= 0.6 is 0 Å². The molecule has 1 saturated heterocycles. The van der Waals surface area contributed by atoms with Gasteiger partial charge in [-0.3, -0.25) is 14.9 Å². The Labute approximate surface area is 156 Å². The molecule has 0 saturated carbocycles. The highest BCUT2D eigenvalue weighted by molar-refractivity contribution is 7.91. The first kappa shape index (κ1) is 19.1. The molecule has 1 fully saturated rings. The monoisotopic (exact) mass is 391 g/mol. The van der Waals surface area contributed by atoms with Gasteiger partial charge in [-0.2, -0.15) is 0 Å². The van der Waals surface area contributed by atoms with E-state index >= 15 is 0 Å². The van der Waals surface area contributed by atoms with Gasteiger partial charge in [0.1, 0.15) is 0 Å². The molecule has 1 aliphatic rings. The summed E-state index contributed by atoms with van der Waals surface area (Å²) in [6, 6.07) is 6.32. The summed E-state index contributed by atoms with van der Waals surface area (Å²) < 4.78 is 29.7. The van der Waals surface area contributed by atoms with Crippen molar-refractivity contribution in [1.82, 2.24) is 9.78 Å². The lowest BCUT2D eigenvalue weighted by molar-refractivity contribution is 0.0527. The number of nitrogens with one attached hydrogen (secondary N) is 1. The Morgan fingerprint density at radius 3 is 2.81 bits per heavy atom. The van der Waals surface area contributed by atoms with Gasteiger partial charge in [-0.1, -0.05) is 12.1 Å². The van der Waals surface area contributed by atoms with Crippen molar-refractivity contribution in [3.63, 3.8) is 0 Å². The maximum Gasteiger partial charge on any atom is 0.340 e. The van der Waals surface area contributed by atoms with Crippen molar-refractivity contribution in [3.8, 4) is 0 Å². The van der Waals surface area contributed by atoms with Gasteiger partial charge in [0.05, 0.1) is 41.0 Å². The normalized spacial score (nSPS) is 18.8. The number of H-pyrrole nitrogens is 1. The number of hydrogen-bond acceptors (Lipinski definition) is 6. The molecule has 0 radical (unpaired) electrons. The second-order valence-corrected chi connectivity index (χ2v) is 8.61. The number of aliphatic imine (C=N–C) groups is 1. The van der Waals surface area contributed by atoms with Gasteiger partial charge >= 0.3 is 5.97 Å². The van der Waals surface area contributed by atoms with Gasteiger partial charge in [0.15, 0.2) is 9.84 Å². The van der Waals surface area contributed by atoms with E-state index < -0.39 is 21.8 Å². The van der Waals surface area contributed by atoms with Crippen molar-refractivity contribution in [2.75, 3.05) is 18.1 Å². The Kier molecular flexibility index (Phi) is 5.31. The van der Waals surface area contributed by atoms with Crippen LogP contribution in [0.15, 0.2) is 34.1 Å². The van der Waals surface area contributed by atoms with Crippen LogP contribution in [0.3, 0.4) is 0 Å². The zero-order chi connectivity index (χ0) is 19.6. The highest BCUT2D eigenvalue weighted by Crippen LogP contribution is 2.23. The molecule has 1 N–H and O–H groups in total. The first-order chi connectivity index (χ1) is 12.8. The molecule has 1 atom stereocenters. The highest BCUT2D eigenvalue weighted by atomic mass is 32.2. The molecule has 1 aromatic carbocycles. The van der Waals surface area contributed by atoms with Crippen molar-refractivity contribution in [3.05, 3.63) is 51.4 Å². The largest absolute Gasteiger partial charge is 0.462 e. The zero-order valence-electron chi connectivity index (χ0n) is 15.1. The Bertz CT molecular complexity index is 1050.